The molecule has 0 amide bonds. The van der Waals surface area contributed by atoms with Gasteiger partial charge < -0.3 is 14.0 Å². The van der Waals surface area contributed by atoms with Gasteiger partial charge >= 0.3 is 0 Å². The van der Waals surface area contributed by atoms with Crippen molar-refractivity contribution in [3.63, 3.8) is 0 Å². The van der Waals surface area contributed by atoms with Gasteiger partial charge in [0.1, 0.15) is 11.9 Å². The van der Waals surface area contributed by atoms with Gasteiger partial charge in [-0.1, -0.05) is 46.8 Å². The fraction of sp³-hybridized carbons (Fsp3) is 0.273. The van der Waals surface area contributed by atoms with Crippen LogP contribution in [0.5, 0.6) is 5.75 Å². The molecular formula is C22H21N5O3. The number of hydrogen-bond donors (Lipinski definition) is 0. The topological polar surface area (TPSA) is 88.1 Å². The van der Waals surface area contributed by atoms with E-state index in [1.807, 2.05) is 67.1 Å². The molecule has 1 aliphatic rings. The summed E-state index contributed by atoms with van der Waals surface area (Å²) in [5.74, 6) is 1.73. The summed E-state index contributed by atoms with van der Waals surface area (Å²) in [6.07, 6.45) is -0.104. The maximum Gasteiger partial charge on any atom is 0.280 e. The molecule has 1 atom stereocenters. The van der Waals surface area contributed by atoms with Gasteiger partial charge in [0.2, 0.25) is 5.82 Å². The highest BCUT2D eigenvalue weighted by Crippen LogP contribution is 2.31. The minimum absolute atomic E-state index is 0.104. The molecule has 0 radical (unpaired) electrons. The lowest BCUT2D eigenvalue weighted by Gasteiger charge is -2.24. The summed E-state index contributed by atoms with van der Waals surface area (Å²) in [6, 6.07) is 15.9. The Morgan fingerprint density at radius 3 is 2.77 bits per heavy atom. The lowest BCUT2D eigenvalue weighted by atomic mass is 10.1. The zero-order valence-electron chi connectivity index (χ0n) is 16.8. The second-order valence-corrected chi connectivity index (χ2v) is 7.11. The van der Waals surface area contributed by atoms with Gasteiger partial charge in [0.15, 0.2) is 5.69 Å². The fourth-order valence-corrected chi connectivity index (χ4v) is 3.58. The van der Waals surface area contributed by atoms with Gasteiger partial charge in [0.25, 0.3) is 5.89 Å². The summed E-state index contributed by atoms with van der Waals surface area (Å²) in [5, 5.41) is 12.7. The Balaban J connectivity index is 1.37. The largest absolute Gasteiger partial charge is 0.494 e. The zero-order chi connectivity index (χ0) is 20.5. The molecule has 3 heterocycles. The fourth-order valence-electron chi connectivity index (χ4n) is 3.58. The first-order chi connectivity index (χ1) is 14.7. The molecular weight excluding hydrogens is 382 g/mol. The van der Waals surface area contributed by atoms with Gasteiger partial charge in [-0.05, 0) is 37.1 Å². The summed E-state index contributed by atoms with van der Waals surface area (Å²) >= 11 is 0. The van der Waals surface area contributed by atoms with E-state index < -0.39 is 0 Å². The molecule has 1 unspecified atom stereocenters. The Kier molecular flexibility index (Phi) is 4.76. The third kappa shape index (κ3) is 3.35. The second-order valence-electron chi connectivity index (χ2n) is 7.11. The van der Waals surface area contributed by atoms with Crippen LogP contribution in [-0.2, 0) is 17.9 Å². The van der Waals surface area contributed by atoms with Gasteiger partial charge in [-0.3, -0.25) is 0 Å². The monoisotopic (exact) mass is 403 g/mol. The van der Waals surface area contributed by atoms with Crippen LogP contribution in [0.15, 0.2) is 53.1 Å². The molecule has 4 aromatic rings. The summed E-state index contributed by atoms with van der Waals surface area (Å²) in [7, 11) is 0. The van der Waals surface area contributed by atoms with Crippen molar-refractivity contribution >= 4 is 0 Å². The van der Waals surface area contributed by atoms with E-state index in [0.717, 1.165) is 28.1 Å². The van der Waals surface area contributed by atoms with Crippen LogP contribution >= 0.6 is 0 Å². The van der Waals surface area contributed by atoms with Crippen LogP contribution in [0.4, 0.5) is 0 Å². The predicted octanol–water partition coefficient (Wildman–Crippen LogP) is 3.97. The molecule has 0 fully saturated rings. The van der Waals surface area contributed by atoms with E-state index in [9.17, 15) is 0 Å². The van der Waals surface area contributed by atoms with Crippen LogP contribution in [0.3, 0.4) is 0 Å². The highest BCUT2D eigenvalue weighted by atomic mass is 16.5. The van der Waals surface area contributed by atoms with Crippen molar-refractivity contribution < 1.29 is 14.0 Å². The highest BCUT2D eigenvalue weighted by molar-refractivity contribution is 5.62. The lowest BCUT2D eigenvalue weighted by Crippen LogP contribution is -2.22. The van der Waals surface area contributed by atoms with Crippen molar-refractivity contribution in [3.05, 3.63) is 65.4 Å². The molecule has 152 valence electrons. The van der Waals surface area contributed by atoms with Gasteiger partial charge in [-0.15, -0.1) is 5.10 Å². The number of aryl methyl sites for hydroxylation is 1. The zero-order valence-corrected chi connectivity index (χ0v) is 16.8. The quantitative estimate of drug-likeness (QED) is 0.498. The van der Waals surface area contributed by atoms with Gasteiger partial charge in [0, 0.05) is 5.56 Å². The van der Waals surface area contributed by atoms with Gasteiger partial charge in [-0.2, -0.15) is 4.98 Å². The van der Waals surface area contributed by atoms with E-state index in [0.29, 0.717) is 37.2 Å². The third-order valence-corrected chi connectivity index (χ3v) is 5.18. The lowest BCUT2D eigenvalue weighted by molar-refractivity contribution is -0.00119. The molecule has 0 aliphatic carbocycles. The molecule has 0 spiro atoms. The van der Waals surface area contributed by atoms with Crippen LogP contribution in [-0.4, -0.2) is 31.7 Å². The normalized spacial score (nSPS) is 15.7. The average molecular weight is 403 g/mol. The van der Waals surface area contributed by atoms with Crippen molar-refractivity contribution in [2.75, 3.05) is 6.61 Å². The maximum absolute atomic E-state index is 6.09. The molecule has 8 nitrogen and oxygen atoms in total. The number of aromatic nitrogens is 5. The van der Waals surface area contributed by atoms with Crippen molar-refractivity contribution in [2.24, 2.45) is 0 Å². The summed E-state index contributed by atoms with van der Waals surface area (Å²) in [6.45, 7) is 5.55. The average Bonchev–Trinajstić information content (AvgIpc) is 3.41. The first-order valence-corrected chi connectivity index (χ1v) is 9.89. The Morgan fingerprint density at radius 1 is 1.13 bits per heavy atom. The molecule has 0 saturated heterocycles. The Hall–Kier alpha value is -3.52. The van der Waals surface area contributed by atoms with Crippen LogP contribution in [0, 0.1) is 6.92 Å². The minimum Gasteiger partial charge on any atom is -0.494 e. The minimum atomic E-state index is -0.104. The van der Waals surface area contributed by atoms with E-state index in [1.165, 1.54) is 0 Å². The van der Waals surface area contributed by atoms with Crippen molar-refractivity contribution in [1.29, 1.82) is 0 Å². The van der Waals surface area contributed by atoms with Crippen LogP contribution in [0.25, 0.3) is 23.0 Å². The predicted molar refractivity (Wildman–Crippen MR) is 109 cm³/mol. The van der Waals surface area contributed by atoms with E-state index in [1.54, 1.807) is 0 Å². The molecule has 1 aliphatic heterocycles. The second kappa shape index (κ2) is 7.72. The van der Waals surface area contributed by atoms with Crippen molar-refractivity contribution in [2.45, 2.75) is 33.1 Å². The smallest absolute Gasteiger partial charge is 0.280 e. The van der Waals surface area contributed by atoms with Crippen LogP contribution < -0.4 is 4.74 Å². The SMILES string of the molecule is CCOc1ccc(C2Cn3nnc(-c4nc(-c5ccccc5C)no4)c3CO2)cc1. The van der Waals surface area contributed by atoms with Crippen molar-refractivity contribution in [1.82, 2.24) is 25.1 Å². The van der Waals surface area contributed by atoms with E-state index >= 15 is 0 Å². The number of hydrogen-bond acceptors (Lipinski definition) is 7. The Labute approximate surface area is 173 Å². The maximum atomic E-state index is 6.09. The first kappa shape index (κ1) is 18.5. The van der Waals surface area contributed by atoms with Gasteiger partial charge in [0.05, 0.1) is 25.5 Å². The molecule has 8 heteroatoms. The summed E-state index contributed by atoms with van der Waals surface area (Å²) in [5.41, 5.74) is 4.47. The Morgan fingerprint density at radius 2 is 1.97 bits per heavy atom. The molecule has 0 bridgehead atoms. The molecule has 0 N–H and O–H groups in total. The molecule has 30 heavy (non-hydrogen) atoms. The molecule has 2 aromatic carbocycles. The van der Waals surface area contributed by atoms with Crippen LogP contribution in [0.2, 0.25) is 0 Å². The number of nitrogens with zero attached hydrogens (tertiary/aromatic N) is 5. The Bertz CT molecular complexity index is 1170. The molecule has 2 aromatic heterocycles. The number of fused-ring (bicyclic) bond motifs is 1. The van der Waals surface area contributed by atoms with Gasteiger partial charge in [-0.25, -0.2) is 4.68 Å². The van der Waals surface area contributed by atoms with Crippen LogP contribution in [0.1, 0.15) is 29.8 Å². The standard InChI is InChI=1S/C22H21N5O3/c1-3-28-16-10-8-15(9-11-16)19-12-27-18(13-29-19)20(24-26-27)22-23-21(25-30-22)17-7-5-4-6-14(17)2/h4-11,19H,3,12-13H2,1-2H3. The number of benzene rings is 2. The summed E-state index contributed by atoms with van der Waals surface area (Å²) in [4.78, 5) is 4.53. The number of rotatable bonds is 5. The number of ether oxygens (including phenoxy) is 2. The first-order valence-electron chi connectivity index (χ1n) is 9.89. The highest BCUT2D eigenvalue weighted by Gasteiger charge is 2.28. The third-order valence-electron chi connectivity index (χ3n) is 5.18. The molecule has 0 saturated carbocycles. The van der Waals surface area contributed by atoms with E-state index in [2.05, 4.69) is 20.5 Å². The van der Waals surface area contributed by atoms with E-state index in [-0.39, 0.29) is 6.10 Å². The molecule has 5 rings (SSSR count). The van der Waals surface area contributed by atoms with Crippen molar-refractivity contribution in [3.8, 4) is 28.7 Å². The summed E-state index contributed by atoms with van der Waals surface area (Å²) < 4.78 is 18.9. The van der Waals surface area contributed by atoms with E-state index in [4.69, 9.17) is 14.0 Å².